The highest BCUT2D eigenvalue weighted by Gasteiger charge is 2.61. The molecule has 1 saturated carbocycles. The highest BCUT2D eigenvalue weighted by molar-refractivity contribution is 5.86. The van der Waals surface area contributed by atoms with Crippen LogP contribution in [0.15, 0.2) is 36.8 Å². The molecule has 0 spiro atoms. The van der Waals surface area contributed by atoms with Crippen LogP contribution in [0.1, 0.15) is 24.6 Å². The molecular weight excluding hydrogens is 446 g/mol. The fourth-order valence-electron chi connectivity index (χ4n) is 5.43. The van der Waals surface area contributed by atoms with E-state index in [2.05, 4.69) is 15.0 Å². The van der Waals surface area contributed by atoms with Gasteiger partial charge in [-0.3, -0.25) is 0 Å². The third-order valence-electron chi connectivity index (χ3n) is 7.19. The number of hydrogen-bond acceptors (Lipinski definition) is 8. The first kappa shape index (κ1) is 21.1. The van der Waals surface area contributed by atoms with Crippen LogP contribution < -0.4 is 11.5 Å². The van der Waals surface area contributed by atoms with Crippen molar-refractivity contribution >= 4 is 33.6 Å². The summed E-state index contributed by atoms with van der Waals surface area (Å²) < 4.78 is 36.8. The number of halogens is 2. The molecule has 34 heavy (non-hydrogen) atoms. The predicted octanol–water partition coefficient (Wildman–Crippen LogP) is 2.06. The Bertz CT molecular complexity index is 1450. The van der Waals surface area contributed by atoms with E-state index >= 15 is 4.39 Å². The summed E-state index contributed by atoms with van der Waals surface area (Å²) in [5.74, 6) is -1.63. The molecule has 6 rings (SSSR count). The van der Waals surface area contributed by atoms with Crippen LogP contribution in [0, 0.1) is 17.6 Å². The summed E-state index contributed by atoms with van der Waals surface area (Å²) in [5, 5.41) is 23.3. The molecular formula is C23H22F2N6O3. The van der Waals surface area contributed by atoms with Crippen molar-refractivity contribution in [2.75, 3.05) is 11.5 Å². The molecule has 1 saturated heterocycles. The molecule has 6 N–H and O–H groups in total. The van der Waals surface area contributed by atoms with Crippen molar-refractivity contribution in [2.45, 2.75) is 43.3 Å². The molecule has 176 valence electrons. The molecule has 0 bridgehead atoms. The summed E-state index contributed by atoms with van der Waals surface area (Å²) in [5.41, 5.74) is 10.8. The van der Waals surface area contributed by atoms with Crippen molar-refractivity contribution in [1.82, 2.24) is 19.5 Å². The van der Waals surface area contributed by atoms with Crippen molar-refractivity contribution < 1.29 is 23.7 Å². The van der Waals surface area contributed by atoms with E-state index in [0.717, 1.165) is 6.07 Å². The van der Waals surface area contributed by atoms with E-state index in [9.17, 15) is 14.6 Å². The van der Waals surface area contributed by atoms with E-state index in [1.54, 1.807) is 29.0 Å². The first-order valence-corrected chi connectivity index (χ1v) is 10.9. The maximum Gasteiger partial charge on any atom is 0.165 e. The molecule has 1 aromatic carbocycles. The normalized spacial score (nSPS) is 28.7. The maximum atomic E-state index is 15.2. The number of nitrogens with two attached hydrogens (primary N) is 2. The van der Waals surface area contributed by atoms with Gasteiger partial charge < -0.3 is 31.0 Å². The van der Waals surface area contributed by atoms with Gasteiger partial charge in [-0.05, 0) is 42.9 Å². The smallest absolute Gasteiger partial charge is 0.165 e. The zero-order valence-electron chi connectivity index (χ0n) is 17.9. The number of aromatic nitrogens is 4. The number of nitrogen functional groups attached to an aromatic ring is 2. The number of nitrogens with zero attached hydrogens (tertiary/aromatic N) is 4. The van der Waals surface area contributed by atoms with Gasteiger partial charge in [0.1, 0.15) is 35.0 Å². The van der Waals surface area contributed by atoms with E-state index < -0.39 is 35.7 Å². The van der Waals surface area contributed by atoms with Gasteiger partial charge in [0, 0.05) is 11.6 Å². The molecule has 2 aliphatic rings. The van der Waals surface area contributed by atoms with Gasteiger partial charge in [-0.1, -0.05) is 12.1 Å². The Labute approximate surface area is 192 Å². The number of anilines is 2. The monoisotopic (exact) mass is 468 g/mol. The summed E-state index contributed by atoms with van der Waals surface area (Å²) in [6.45, 7) is 0. The molecule has 1 aliphatic carbocycles. The van der Waals surface area contributed by atoms with Gasteiger partial charge >= 0.3 is 0 Å². The van der Waals surface area contributed by atoms with Crippen LogP contribution in [0.25, 0.3) is 21.9 Å². The molecule has 2 fully saturated rings. The van der Waals surface area contributed by atoms with Crippen LogP contribution in [0.5, 0.6) is 0 Å². The van der Waals surface area contributed by atoms with Crippen LogP contribution in [-0.2, 0) is 11.2 Å². The average molecular weight is 468 g/mol. The quantitative estimate of drug-likeness (QED) is 0.358. The number of fused-ring (bicyclic) bond motifs is 3. The molecule has 4 heterocycles. The van der Waals surface area contributed by atoms with E-state index in [0.29, 0.717) is 40.6 Å². The van der Waals surface area contributed by atoms with Crippen molar-refractivity contribution in [3.05, 3.63) is 54.0 Å². The van der Waals surface area contributed by atoms with Gasteiger partial charge in [-0.2, -0.15) is 0 Å². The zero-order valence-corrected chi connectivity index (χ0v) is 17.9. The van der Waals surface area contributed by atoms with Crippen LogP contribution in [0.3, 0.4) is 0 Å². The Balaban J connectivity index is 1.32. The van der Waals surface area contributed by atoms with Crippen LogP contribution in [0.2, 0.25) is 0 Å². The summed E-state index contributed by atoms with van der Waals surface area (Å²) >= 11 is 0. The minimum Gasteiger partial charge on any atom is -0.385 e. The summed E-state index contributed by atoms with van der Waals surface area (Å²) in [6, 6.07) is 6.04. The Kier molecular flexibility index (Phi) is 4.54. The molecule has 5 atom stereocenters. The molecule has 3 aromatic heterocycles. The molecule has 11 heteroatoms. The van der Waals surface area contributed by atoms with Crippen LogP contribution >= 0.6 is 0 Å². The van der Waals surface area contributed by atoms with E-state index in [4.69, 9.17) is 16.2 Å². The fourth-order valence-corrected chi connectivity index (χ4v) is 5.43. The molecule has 0 radical (unpaired) electrons. The number of pyridine rings is 1. The second-order valence-electron chi connectivity index (χ2n) is 9.07. The zero-order chi connectivity index (χ0) is 23.8. The Morgan fingerprint density at radius 2 is 2.00 bits per heavy atom. The van der Waals surface area contributed by atoms with Gasteiger partial charge in [0.15, 0.2) is 23.7 Å². The summed E-state index contributed by atoms with van der Waals surface area (Å²) in [7, 11) is 0. The lowest BCUT2D eigenvalue weighted by Gasteiger charge is -2.26. The minimum absolute atomic E-state index is 0.00834. The third-order valence-corrected chi connectivity index (χ3v) is 7.19. The molecule has 0 amide bonds. The molecule has 1 aliphatic heterocycles. The Morgan fingerprint density at radius 3 is 2.82 bits per heavy atom. The van der Waals surface area contributed by atoms with Gasteiger partial charge in [0.2, 0.25) is 0 Å². The molecule has 0 unspecified atom stereocenters. The van der Waals surface area contributed by atoms with Crippen molar-refractivity contribution in [1.29, 1.82) is 0 Å². The predicted molar refractivity (Wildman–Crippen MR) is 119 cm³/mol. The average Bonchev–Trinajstić information content (AvgIpc) is 3.45. The van der Waals surface area contributed by atoms with Crippen LogP contribution in [-0.4, -0.2) is 47.5 Å². The van der Waals surface area contributed by atoms with Crippen molar-refractivity contribution in [3.8, 4) is 0 Å². The van der Waals surface area contributed by atoms with Gasteiger partial charge in [0.05, 0.1) is 11.5 Å². The number of rotatable bonds is 3. The second kappa shape index (κ2) is 7.29. The first-order chi connectivity index (χ1) is 16.3. The SMILES string of the molecule is Nc1nc2c(F)c(C[C@@H]3CC[C@@]4(O)[C@@H]3O[C@@H](n3ccc5c(N)ncnc53)[C@@H]4O)ccc2cc1F. The largest absolute Gasteiger partial charge is 0.385 e. The number of aliphatic hydroxyl groups is 2. The van der Waals surface area contributed by atoms with Crippen molar-refractivity contribution in [2.24, 2.45) is 5.92 Å². The number of hydrogen-bond donors (Lipinski definition) is 4. The number of ether oxygens (including phenoxy) is 1. The Hall–Kier alpha value is -3.41. The first-order valence-electron chi connectivity index (χ1n) is 10.9. The van der Waals surface area contributed by atoms with Crippen LogP contribution in [0.4, 0.5) is 20.4 Å². The lowest BCUT2D eigenvalue weighted by molar-refractivity contribution is -0.0675. The number of aliphatic hydroxyl groups excluding tert-OH is 1. The van der Waals surface area contributed by atoms with Gasteiger partial charge in [0.25, 0.3) is 0 Å². The summed E-state index contributed by atoms with van der Waals surface area (Å²) in [6.07, 6.45) is 1.23. The lowest BCUT2D eigenvalue weighted by Crippen LogP contribution is -2.45. The van der Waals surface area contributed by atoms with E-state index in [1.165, 1.54) is 6.33 Å². The highest BCUT2D eigenvalue weighted by Crippen LogP contribution is 2.50. The fraction of sp³-hybridized carbons (Fsp3) is 0.348. The molecule has 9 nitrogen and oxygen atoms in total. The Morgan fingerprint density at radius 1 is 1.18 bits per heavy atom. The molecule has 4 aromatic rings. The maximum absolute atomic E-state index is 15.2. The third kappa shape index (κ3) is 2.90. The van der Waals surface area contributed by atoms with E-state index in [1.807, 2.05) is 0 Å². The van der Waals surface area contributed by atoms with Crippen molar-refractivity contribution in [3.63, 3.8) is 0 Å². The number of benzene rings is 1. The van der Waals surface area contributed by atoms with Gasteiger partial charge in [-0.25, -0.2) is 23.7 Å². The lowest BCUT2D eigenvalue weighted by atomic mass is 9.89. The topological polar surface area (TPSA) is 145 Å². The standard InChI is InChI=1S/C23H22F2N6O3/c24-14-8-11-2-1-10(15(25)16(11)30-20(14)27)7-12-3-5-23(33)17(32)22(34-18(12)23)31-6-4-13-19(26)28-9-29-21(13)31/h1-2,4,6,8-9,12,17-18,22,32-33H,3,5,7H2,(H2,27,30)(H2,26,28,29)/t12-,17-,18+,22+,23-/m0/s1. The highest BCUT2D eigenvalue weighted by atomic mass is 19.1. The minimum atomic E-state index is -1.50. The van der Waals surface area contributed by atoms with Gasteiger partial charge in [-0.15, -0.1) is 0 Å². The summed E-state index contributed by atoms with van der Waals surface area (Å²) in [4.78, 5) is 12.1. The van der Waals surface area contributed by atoms with E-state index in [-0.39, 0.29) is 23.7 Å². The second-order valence-corrected chi connectivity index (χ2v) is 9.07.